The highest BCUT2D eigenvalue weighted by molar-refractivity contribution is 7.99. The second kappa shape index (κ2) is 6.25. The summed E-state index contributed by atoms with van der Waals surface area (Å²) in [6.45, 7) is 0. The van der Waals surface area contributed by atoms with Crippen molar-refractivity contribution in [1.29, 1.82) is 0 Å². The quantitative estimate of drug-likeness (QED) is 0.818. The Kier molecular flexibility index (Phi) is 4.39. The second-order valence-corrected chi connectivity index (χ2v) is 7.40. The van der Waals surface area contributed by atoms with Gasteiger partial charge in [-0.05, 0) is 49.7 Å². The van der Waals surface area contributed by atoms with Gasteiger partial charge in [-0.2, -0.15) is 0 Å². The number of pyridine rings is 1. The molecule has 2 aliphatic carbocycles. The molecule has 20 heavy (non-hydrogen) atoms. The van der Waals surface area contributed by atoms with E-state index in [0.29, 0.717) is 10.9 Å². The standard InChI is InChI=1S/C16H24N2OS/c17-14-12-9-5-6-10-13(12)16(18-15(14)19)20-11-7-3-1-2-4-8-11/h11H,1-10,17H2,(H,18,19). The van der Waals surface area contributed by atoms with Crippen LogP contribution in [0.25, 0.3) is 0 Å². The summed E-state index contributed by atoms with van der Waals surface area (Å²) in [4.78, 5) is 15.1. The van der Waals surface area contributed by atoms with Crippen molar-refractivity contribution >= 4 is 17.4 Å². The first-order chi connectivity index (χ1) is 9.75. The lowest BCUT2D eigenvalue weighted by atomic mass is 9.92. The molecule has 1 heterocycles. The molecule has 110 valence electrons. The summed E-state index contributed by atoms with van der Waals surface area (Å²) in [5.74, 6) is 0. The van der Waals surface area contributed by atoms with Gasteiger partial charge in [-0.15, -0.1) is 11.8 Å². The van der Waals surface area contributed by atoms with Gasteiger partial charge < -0.3 is 10.7 Å². The zero-order chi connectivity index (χ0) is 13.9. The van der Waals surface area contributed by atoms with Crippen molar-refractivity contribution in [3.05, 3.63) is 21.5 Å². The molecular formula is C16H24N2OS. The first-order valence-corrected chi connectivity index (χ1v) is 8.84. The normalized spacial score (nSPS) is 20.4. The maximum atomic E-state index is 12.0. The molecule has 0 aliphatic heterocycles. The maximum Gasteiger partial charge on any atom is 0.272 e. The van der Waals surface area contributed by atoms with E-state index < -0.39 is 0 Å². The van der Waals surface area contributed by atoms with Gasteiger partial charge in [0.15, 0.2) is 0 Å². The monoisotopic (exact) mass is 292 g/mol. The summed E-state index contributed by atoms with van der Waals surface area (Å²) in [6.07, 6.45) is 12.4. The lowest BCUT2D eigenvalue weighted by Gasteiger charge is -2.22. The fourth-order valence-corrected chi connectivity index (χ4v) is 4.88. The molecular weight excluding hydrogens is 268 g/mol. The van der Waals surface area contributed by atoms with E-state index >= 15 is 0 Å². The first-order valence-electron chi connectivity index (χ1n) is 7.96. The molecule has 4 heteroatoms. The number of nitrogens with one attached hydrogen (secondary N) is 1. The molecule has 0 unspecified atom stereocenters. The van der Waals surface area contributed by atoms with E-state index in [-0.39, 0.29) is 5.56 Å². The third-order valence-electron chi connectivity index (χ3n) is 4.63. The van der Waals surface area contributed by atoms with Gasteiger partial charge in [0.25, 0.3) is 5.56 Å². The zero-order valence-electron chi connectivity index (χ0n) is 12.0. The van der Waals surface area contributed by atoms with Crippen LogP contribution < -0.4 is 11.3 Å². The molecule has 1 aromatic rings. The summed E-state index contributed by atoms with van der Waals surface area (Å²) in [7, 11) is 0. The van der Waals surface area contributed by atoms with Crippen LogP contribution in [-0.2, 0) is 12.8 Å². The molecule has 1 fully saturated rings. The molecule has 0 radical (unpaired) electrons. The molecule has 2 aliphatic rings. The molecule has 1 aromatic heterocycles. The van der Waals surface area contributed by atoms with E-state index in [1.54, 1.807) is 0 Å². The Labute approximate surface area is 124 Å². The predicted molar refractivity (Wildman–Crippen MR) is 85.5 cm³/mol. The van der Waals surface area contributed by atoms with Crippen molar-refractivity contribution in [1.82, 2.24) is 4.98 Å². The Morgan fingerprint density at radius 3 is 2.30 bits per heavy atom. The second-order valence-electron chi connectivity index (χ2n) is 6.09. The van der Waals surface area contributed by atoms with Crippen molar-refractivity contribution in [3.63, 3.8) is 0 Å². The lowest BCUT2D eigenvalue weighted by molar-refractivity contribution is 0.664. The van der Waals surface area contributed by atoms with Crippen LogP contribution in [0.5, 0.6) is 0 Å². The number of aromatic amines is 1. The van der Waals surface area contributed by atoms with Crippen LogP contribution in [0.15, 0.2) is 9.82 Å². The molecule has 0 bridgehead atoms. The van der Waals surface area contributed by atoms with E-state index in [1.165, 1.54) is 50.5 Å². The minimum Gasteiger partial charge on any atom is -0.394 e. The molecule has 3 N–H and O–H groups in total. The van der Waals surface area contributed by atoms with E-state index in [2.05, 4.69) is 4.98 Å². The highest BCUT2D eigenvalue weighted by atomic mass is 32.2. The summed E-state index contributed by atoms with van der Waals surface area (Å²) in [6, 6.07) is 0. The van der Waals surface area contributed by atoms with Crippen molar-refractivity contribution in [2.75, 3.05) is 5.73 Å². The fraction of sp³-hybridized carbons (Fsp3) is 0.688. The SMILES string of the molecule is Nc1c2c(c(SC3CCCCCC3)[nH]c1=O)CCCC2. The molecule has 3 nitrogen and oxygen atoms in total. The van der Waals surface area contributed by atoms with E-state index in [0.717, 1.165) is 29.9 Å². The fourth-order valence-electron chi connectivity index (χ4n) is 3.46. The van der Waals surface area contributed by atoms with Crippen molar-refractivity contribution in [3.8, 4) is 0 Å². The van der Waals surface area contributed by atoms with Gasteiger partial charge >= 0.3 is 0 Å². The van der Waals surface area contributed by atoms with E-state index in [9.17, 15) is 4.79 Å². The maximum absolute atomic E-state index is 12.0. The summed E-state index contributed by atoms with van der Waals surface area (Å²) < 4.78 is 0. The Hall–Kier alpha value is -0.900. The molecule has 3 rings (SSSR count). The molecule has 0 amide bonds. The Bertz CT molecular complexity index is 530. The summed E-state index contributed by atoms with van der Waals surface area (Å²) in [5.41, 5.74) is 8.83. The van der Waals surface area contributed by atoms with Crippen LogP contribution in [0.3, 0.4) is 0 Å². The molecule has 1 saturated carbocycles. The van der Waals surface area contributed by atoms with E-state index in [1.807, 2.05) is 11.8 Å². The molecule has 0 saturated heterocycles. The third-order valence-corrected chi connectivity index (χ3v) is 6.01. The highest BCUT2D eigenvalue weighted by Crippen LogP contribution is 2.37. The van der Waals surface area contributed by atoms with Gasteiger partial charge in [-0.3, -0.25) is 4.79 Å². The Morgan fingerprint density at radius 1 is 0.950 bits per heavy atom. The number of thioether (sulfide) groups is 1. The van der Waals surface area contributed by atoms with Gasteiger partial charge in [0.1, 0.15) is 5.69 Å². The topological polar surface area (TPSA) is 58.9 Å². The van der Waals surface area contributed by atoms with Gasteiger partial charge in [0, 0.05) is 5.25 Å². The molecule has 0 aromatic carbocycles. The van der Waals surface area contributed by atoms with Crippen LogP contribution >= 0.6 is 11.8 Å². The number of nitrogen functional groups attached to an aromatic ring is 1. The zero-order valence-corrected chi connectivity index (χ0v) is 12.9. The minimum atomic E-state index is -0.0817. The number of anilines is 1. The molecule has 0 spiro atoms. The Balaban J connectivity index is 1.88. The van der Waals surface area contributed by atoms with Gasteiger partial charge in [-0.25, -0.2) is 0 Å². The van der Waals surface area contributed by atoms with Crippen LogP contribution in [0.1, 0.15) is 62.5 Å². The number of H-pyrrole nitrogens is 1. The third kappa shape index (κ3) is 2.90. The van der Waals surface area contributed by atoms with Crippen LogP contribution in [0.2, 0.25) is 0 Å². The smallest absolute Gasteiger partial charge is 0.272 e. The number of fused-ring (bicyclic) bond motifs is 1. The lowest BCUT2D eigenvalue weighted by Crippen LogP contribution is -2.21. The number of hydrogen-bond donors (Lipinski definition) is 2. The number of aromatic nitrogens is 1. The van der Waals surface area contributed by atoms with Gasteiger partial charge in [0.2, 0.25) is 0 Å². The van der Waals surface area contributed by atoms with Crippen LogP contribution in [-0.4, -0.2) is 10.2 Å². The highest BCUT2D eigenvalue weighted by Gasteiger charge is 2.22. The first kappa shape index (κ1) is 14.1. The van der Waals surface area contributed by atoms with Gasteiger partial charge in [0.05, 0.1) is 5.03 Å². The summed E-state index contributed by atoms with van der Waals surface area (Å²) >= 11 is 1.90. The van der Waals surface area contributed by atoms with Crippen molar-refractivity contribution in [2.24, 2.45) is 0 Å². The van der Waals surface area contributed by atoms with Crippen molar-refractivity contribution in [2.45, 2.75) is 74.5 Å². The Morgan fingerprint density at radius 2 is 1.60 bits per heavy atom. The van der Waals surface area contributed by atoms with Crippen LogP contribution in [0.4, 0.5) is 5.69 Å². The average molecular weight is 292 g/mol. The van der Waals surface area contributed by atoms with Gasteiger partial charge in [-0.1, -0.05) is 25.7 Å². The summed E-state index contributed by atoms with van der Waals surface area (Å²) in [5, 5.41) is 1.79. The largest absolute Gasteiger partial charge is 0.394 e. The van der Waals surface area contributed by atoms with E-state index in [4.69, 9.17) is 5.73 Å². The predicted octanol–water partition coefficient (Wildman–Crippen LogP) is 3.65. The van der Waals surface area contributed by atoms with Crippen LogP contribution in [0, 0.1) is 0 Å². The van der Waals surface area contributed by atoms with Crippen molar-refractivity contribution < 1.29 is 0 Å². The molecule has 0 atom stereocenters. The number of hydrogen-bond acceptors (Lipinski definition) is 3. The number of rotatable bonds is 2. The average Bonchev–Trinajstić information content (AvgIpc) is 2.73. The minimum absolute atomic E-state index is 0.0817. The number of nitrogens with two attached hydrogens (primary N) is 1.